The minimum atomic E-state index is 0.368. The molecule has 2 rings (SSSR count). The average molecular weight is 205 g/mol. The van der Waals surface area contributed by atoms with Crippen LogP contribution >= 0.6 is 0 Å². The number of fused-ring (bicyclic) bond motifs is 1. The number of imidazole rings is 1. The first kappa shape index (κ1) is 9.92. The number of nitrogens with zero attached hydrogens (tertiary/aromatic N) is 2. The van der Waals surface area contributed by atoms with E-state index in [0.29, 0.717) is 17.2 Å². The molecular formula is C10H15N5. The number of nitrogens with one attached hydrogen (secondary N) is 2. The van der Waals surface area contributed by atoms with Crippen LogP contribution in [-0.4, -0.2) is 15.3 Å². The number of aromatic nitrogens is 2. The first-order valence-electron chi connectivity index (χ1n) is 4.87. The Labute approximate surface area is 88.5 Å². The Hall–Kier alpha value is -1.62. The van der Waals surface area contributed by atoms with E-state index in [-0.39, 0.29) is 0 Å². The van der Waals surface area contributed by atoms with Crippen LogP contribution in [0.5, 0.6) is 0 Å². The van der Waals surface area contributed by atoms with Crippen molar-refractivity contribution in [3.8, 4) is 0 Å². The van der Waals surface area contributed by atoms with Gasteiger partial charge >= 0.3 is 0 Å². The topological polar surface area (TPSA) is 79.7 Å². The quantitative estimate of drug-likeness (QED) is 0.606. The van der Waals surface area contributed by atoms with Gasteiger partial charge < -0.3 is 15.6 Å². The minimum Gasteiger partial charge on any atom is -0.402 e. The highest BCUT2D eigenvalue weighted by Crippen LogP contribution is 2.16. The summed E-state index contributed by atoms with van der Waals surface area (Å²) in [5, 5.41) is 11.1. The molecule has 1 aromatic rings. The third-order valence-electron chi connectivity index (χ3n) is 2.49. The summed E-state index contributed by atoms with van der Waals surface area (Å²) in [7, 11) is 1.93. The third kappa shape index (κ3) is 1.66. The predicted octanol–water partition coefficient (Wildman–Crippen LogP) is 0.254. The molecule has 2 heterocycles. The van der Waals surface area contributed by atoms with Crippen LogP contribution in [0.3, 0.4) is 0 Å². The van der Waals surface area contributed by atoms with E-state index in [1.807, 2.05) is 11.6 Å². The van der Waals surface area contributed by atoms with Crippen molar-refractivity contribution < 1.29 is 0 Å². The first-order valence-corrected chi connectivity index (χ1v) is 4.87. The largest absolute Gasteiger partial charge is 0.402 e. The van der Waals surface area contributed by atoms with Crippen molar-refractivity contribution in [1.29, 1.82) is 5.41 Å². The van der Waals surface area contributed by atoms with Gasteiger partial charge in [-0.2, -0.15) is 0 Å². The molecule has 5 nitrogen and oxygen atoms in total. The maximum atomic E-state index is 7.85. The molecule has 1 aromatic heterocycles. The highest BCUT2D eigenvalue weighted by Gasteiger charge is 2.20. The molecule has 0 atom stereocenters. The lowest BCUT2D eigenvalue weighted by molar-refractivity contribution is 0.709. The third-order valence-corrected chi connectivity index (χ3v) is 2.49. The predicted molar refractivity (Wildman–Crippen MR) is 58.5 cm³/mol. The maximum absolute atomic E-state index is 7.85. The maximum Gasteiger partial charge on any atom is 0.158 e. The van der Waals surface area contributed by atoms with Gasteiger partial charge in [-0.15, -0.1) is 0 Å². The molecule has 80 valence electrons. The molecule has 0 unspecified atom stereocenters. The van der Waals surface area contributed by atoms with E-state index >= 15 is 0 Å². The Morgan fingerprint density at radius 3 is 2.93 bits per heavy atom. The summed E-state index contributed by atoms with van der Waals surface area (Å²) < 4.78 is 1.96. The highest BCUT2D eigenvalue weighted by molar-refractivity contribution is 6.04. The first-order chi connectivity index (χ1) is 7.09. The van der Waals surface area contributed by atoms with Crippen LogP contribution in [0.2, 0.25) is 0 Å². The van der Waals surface area contributed by atoms with Crippen LogP contribution in [0.1, 0.15) is 24.1 Å². The molecule has 0 aliphatic carbocycles. The lowest BCUT2D eigenvalue weighted by Gasteiger charge is -2.03. The van der Waals surface area contributed by atoms with Gasteiger partial charge in [0, 0.05) is 25.8 Å². The molecule has 4 N–H and O–H groups in total. The molecule has 5 heteroatoms. The van der Waals surface area contributed by atoms with Gasteiger partial charge in [-0.05, 0) is 13.0 Å². The smallest absolute Gasteiger partial charge is 0.158 e. The minimum absolute atomic E-state index is 0.368. The fourth-order valence-corrected chi connectivity index (χ4v) is 1.78. The van der Waals surface area contributed by atoms with Crippen molar-refractivity contribution in [3.05, 3.63) is 29.0 Å². The molecule has 0 saturated carbocycles. The Morgan fingerprint density at radius 1 is 1.60 bits per heavy atom. The van der Waals surface area contributed by atoms with Gasteiger partial charge in [-0.25, -0.2) is 4.98 Å². The molecule has 0 fully saturated rings. The van der Waals surface area contributed by atoms with Crippen LogP contribution < -0.4 is 11.1 Å². The molecule has 1 aliphatic rings. The fourth-order valence-electron chi connectivity index (χ4n) is 1.78. The summed E-state index contributed by atoms with van der Waals surface area (Å²) in [4.78, 5) is 4.42. The summed E-state index contributed by atoms with van der Waals surface area (Å²) in [5.41, 5.74) is 8.74. The van der Waals surface area contributed by atoms with E-state index in [1.165, 1.54) is 0 Å². The molecular weight excluding hydrogens is 190 g/mol. The molecule has 15 heavy (non-hydrogen) atoms. The number of hydrogen-bond acceptors (Lipinski definition) is 4. The van der Waals surface area contributed by atoms with Gasteiger partial charge in [0.05, 0.1) is 17.1 Å². The Balaban J connectivity index is 2.38. The normalized spacial score (nSPS) is 15.5. The molecule has 0 spiro atoms. The molecule has 0 radical (unpaired) electrons. The van der Waals surface area contributed by atoms with Crippen molar-refractivity contribution >= 4 is 5.71 Å². The molecule has 0 saturated heterocycles. The molecule has 0 aromatic carbocycles. The van der Waals surface area contributed by atoms with Crippen molar-refractivity contribution in [2.45, 2.75) is 20.0 Å². The summed E-state index contributed by atoms with van der Waals surface area (Å²) >= 11 is 0. The van der Waals surface area contributed by atoms with Gasteiger partial charge in [-0.1, -0.05) is 0 Å². The van der Waals surface area contributed by atoms with Gasteiger partial charge in [0.15, 0.2) is 5.82 Å². The van der Waals surface area contributed by atoms with Crippen LogP contribution in [0.15, 0.2) is 11.8 Å². The SMILES string of the molecule is C/C(N)=C/C(=N)c1nc2c(n1C)CNC2. The highest BCUT2D eigenvalue weighted by atomic mass is 15.1. The van der Waals surface area contributed by atoms with E-state index in [9.17, 15) is 0 Å². The van der Waals surface area contributed by atoms with Gasteiger partial charge in [0.1, 0.15) is 0 Å². The monoisotopic (exact) mass is 205 g/mol. The molecule has 0 bridgehead atoms. The second-order valence-corrected chi connectivity index (χ2v) is 3.79. The average Bonchev–Trinajstić information content (AvgIpc) is 2.67. The van der Waals surface area contributed by atoms with Crippen molar-refractivity contribution in [2.75, 3.05) is 0 Å². The Kier molecular flexibility index (Phi) is 2.32. The van der Waals surface area contributed by atoms with E-state index in [1.54, 1.807) is 13.0 Å². The fraction of sp³-hybridized carbons (Fsp3) is 0.400. The van der Waals surface area contributed by atoms with Gasteiger partial charge in [-0.3, -0.25) is 5.41 Å². The van der Waals surface area contributed by atoms with E-state index in [4.69, 9.17) is 11.1 Å². The summed E-state index contributed by atoms with van der Waals surface area (Å²) in [6.45, 7) is 3.39. The lowest BCUT2D eigenvalue weighted by Crippen LogP contribution is -2.12. The van der Waals surface area contributed by atoms with Crippen molar-refractivity contribution in [3.63, 3.8) is 0 Å². The van der Waals surface area contributed by atoms with Crippen molar-refractivity contribution in [2.24, 2.45) is 12.8 Å². The van der Waals surface area contributed by atoms with Crippen LogP contribution in [-0.2, 0) is 20.1 Å². The second-order valence-electron chi connectivity index (χ2n) is 3.79. The molecule has 0 amide bonds. The Morgan fingerprint density at radius 2 is 2.33 bits per heavy atom. The van der Waals surface area contributed by atoms with Gasteiger partial charge in [0.25, 0.3) is 0 Å². The summed E-state index contributed by atoms with van der Waals surface area (Å²) in [6.07, 6.45) is 1.63. The molecule has 1 aliphatic heterocycles. The summed E-state index contributed by atoms with van der Waals surface area (Å²) in [6, 6.07) is 0. The summed E-state index contributed by atoms with van der Waals surface area (Å²) in [5.74, 6) is 0.686. The van der Waals surface area contributed by atoms with Gasteiger partial charge in [0.2, 0.25) is 0 Å². The second kappa shape index (κ2) is 3.51. The van der Waals surface area contributed by atoms with Crippen LogP contribution in [0, 0.1) is 5.41 Å². The zero-order valence-corrected chi connectivity index (χ0v) is 8.96. The van der Waals surface area contributed by atoms with E-state index in [2.05, 4.69) is 10.3 Å². The zero-order valence-electron chi connectivity index (χ0n) is 8.96. The lowest BCUT2D eigenvalue weighted by atomic mass is 10.3. The number of nitrogens with two attached hydrogens (primary N) is 1. The number of rotatable bonds is 2. The Bertz CT molecular complexity index is 437. The zero-order chi connectivity index (χ0) is 11.0. The van der Waals surface area contributed by atoms with Crippen LogP contribution in [0.4, 0.5) is 0 Å². The van der Waals surface area contributed by atoms with Crippen molar-refractivity contribution in [1.82, 2.24) is 14.9 Å². The van der Waals surface area contributed by atoms with Crippen LogP contribution in [0.25, 0.3) is 0 Å². The standard InChI is InChI=1S/C10H15N5/c1-6(11)3-7(12)10-14-8-4-13-5-9(8)15(10)2/h3,12-13H,4-5,11H2,1-2H3/b6-3-,12-7?. The number of hydrogen-bond donors (Lipinski definition) is 3. The van der Waals surface area contributed by atoms with E-state index < -0.39 is 0 Å². The number of allylic oxidation sites excluding steroid dienone is 2. The van der Waals surface area contributed by atoms with E-state index in [0.717, 1.165) is 24.5 Å².